The Morgan fingerprint density at radius 2 is 2.00 bits per heavy atom. The van der Waals surface area contributed by atoms with E-state index in [0.29, 0.717) is 11.3 Å². The van der Waals surface area contributed by atoms with Gasteiger partial charge in [-0.05, 0) is 18.2 Å². The molecule has 0 aliphatic rings. The van der Waals surface area contributed by atoms with Crippen LogP contribution in [0.4, 0.5) is 5.69 Å². The molecular formula is C11H8ClN3O2. The minimum atomic E-state index is -0.340. The van der Waals surface area contributed by atoms with Crippen molar-refractivity contribution in [2.45, 2.75) is 0 Å². The summed E-state index contributed by atoms with van der Waals surface area (Å²) in [6.45, 7) is 0. The molecule has 1 heterocycles. The first-order valence-corrected chi connectivity index (χ1v) is 5.09. The minimum absolute atomic E-state index is 0.0345. The van der Waals surface area contributed by atoms with Crippen molar-refractivity contribution >= 4 is 23.2 Å². The van der Waals surface area contributed by atoms with Crippen LogP contribution in [-0.4, -0.2) is 21.0 Å². The lowest BCUT2D eigenvalue weighted by molar-refractivity contribution is 0.102. The number of aromatic nitrogens is 2. The smallest absolute Gasteiger partial charge is 0.258 e. The van der Waals surface area contributed by atoms with Crippen LogP contribution in [0.1, 0.15) is 10.4 Å². The van der Waals surface area contributed by atoms with Crippen LogP contribution in [-0.2, 0) is 0 Å². The molecule has 0 spiro atoms. The van der Waals surface area contributed by atoms with E-state index in [2.05, 4.69) is 15.3 Å². The van der Waals surface area contributed by atoms with E-state index in [1.165, 1.54) is 30.9 Å². The van der Waals surface area contributed by atoms with E-state index in [9.17, 15) is 9.90 Å². The number of aromatic hydroxyl groups is 1. The molecule has 17 heavy (non-hydrogen) atoms. The number of anilines is 1. The van der Waals surface area contributed by atoms with Gasteiger partial charge >= 0.3 is 0 Å². The van der Waals surface area contributed by atoms with E-state index in [4.69, 9.17) is 11.6 Å². The molecule has 2 rings (SSSR count). The van der Waals surface area contributed by atoms with E-state index in [1.807, 2.05) is 0 Å². The van der Waals surface area contributed by atoms with Crippen molar-refractivity contribution in [2.75, 3.05) is 5.32 Å². The van der Waals surface area contributed by atoms with Crippen LogP contribution in [0.2, 0.25) is 5.02 Å². The fourth-order valence-electron chi connectivity index (χ4n) is 1.20. The molecule has 0 bridgehead atoms. The van der Waals surface area contributed by atoms with Crippen molar-refractivity contribution in [3.8, 4) is 5.75 Å². The Bertz CT molecular complexity index is 546. The Balaban J connectivity index is 2.16. The Kier molecular flexibility index (Phi) is 3.20. The quantitative estimate of drug-likeness (QED) is 0.799. The molecule has 0 saturated carbocycles. The molecular weight excluding hydrogens is 242 g/mol. The number of nitrogens with zero attached hydrogens (tertiary/aromatic N) is 2. The second-order valence-electron chi connectivity index (χ2n) is 3.25. The Hall–Kier alpha value is -2.14. The molecule has 0 radical (unpaired) electrons. The lowest BCUT2D eigenvalue weighted by atomic mass is 10.2. The molecule has 1 aromatic heterocycles. The van der Waals surface area contributed by atoms with Crippen LogP contribution in [0.15, 0.2) is 36.9 Å². The van der Waals surface area contributed by atoms with Gasteiger partial charge in [0.05, 0.1) is 10.6 Å². The van der Waals surface area contributed by atoms with Gasteiger partial charge in [0.15, 0.2) is 0 Å². The highest BCUT2D eigenvalue weighted by Gasteiger charge is 2.07. The number of carbonyl (C=O) groups excluding carboxylic acids is 1. The van der Waals surface area contributed by atoms with Crippen molar-refractivity contribution in [3.05, 3.63) is 47.5 Å². The minimum Gasteiger partial charge on any atom is -0.506 e. The average molecular weight is 250 g/mol. The van der Waals surface area contributed by atoms with E-state index in [-0.39, 0.29) is 16.7 Å². The highest BCUT2D eigenvalue weighted by Crippen LogP contribution is 2.26. The molecule has 1 amide bonds. The Morgan fingerprint density at radius 3 is 2.65 bits per heavy atom. The van der Waals surface area contributed by atoms with E-state index < -0.39 is 0 Å². The van der Waals surface area contributed by atoms with Crippen molar-refractivity contribution in [1.82, 2.24) is 9.97 Å². The molecule has 5 nitrogen and oxygen atoms in total. The number of amides is 1. The number of halogens is 1. The van der Waals surface area contributed by atoms with Gasteiger partial charge in [-0.1, -0.05) is 11.6 Å². The molecule has 0 aliphatic heterocycles. The second kappa shape index (κ2) is 4.80. The molecule has 6 heteroatoms. The zero-order valence-corrected chi connectivity index (χ0v) is 9.35. The lowest BCUT2D eigenvalue weighted by Crippen LogP contribution is -2.12. The van der Waals surface area contributed by atoms with Crippen molar-refractivity contribution in [1.29, 1.82) is 0 Å². The molecule has 86 valence electrons. The van der Waals surface area contributed by atoms with Crippen molar-refractivity contribution in [3.63, 3.8) is 0 Å². The predicted octanol–water partition coefficient (Wildman–Crippen LogP) is 2.09. The van der Waals surface area contributed by atoms with Crippen LogP contribution >= 0.6 is 11.6 Å². The van der Waals surface area contributed by atoms with Gasteiger partial charge in [0, 0.05) is 18.1 Å². The number of phenolic OH excluding ortho intramolecular Hbond substituents is 1. The SMILES string of the molecule is O=C(Nc1ccc(O)c(Cl)c1)c1cncnc1. The molecule has 2 N–H and O–H groups in total. The van der Waals surface area contributed by atoms with Crippen LogP contribution in [0.5, 0.6) is 5.75 Å². The summed E-state index contributed by atoms with van der Waals surface area (Å²) in [5.41, 5.74) is 0.832. The molecule has 0 aliphatic carbocycles. The summed E-state index contributed by atoms with van der Waals surface area (Å²) in [4.78, 5) is 19.2. The highest BCUT2D eigenvalue weighted by molar-refractivity contribution is 6.32. The summed E-state index contributed by atoms with van der Waals surface area (Å²) in [6.07, 6.45) is 4.16. The maximum Gasteiger partial charge on any atom is 0.258 e. The van der Waals surface area contributed by atoms with Crippen LogP contribution in [0.25, 0.3) is 0 Å². The fourth-order valence-corrected chi connectivity index (χ4v) is 1.38. The monoisotopic (exact) mass is 249 g/mol. The van der Waals surface area contributed by atoms with Gasteiger partial charge in [-0.3, -0.25) is 4.79 Å². The standard InChI is InChI=1S/C11H8ClN3O2/c12-9-3-8(1-2-10(9)16)15-11(17)7-4-13-6-14-5-7/h1-6,16H,(H,15,17). The van der Waals surface area contributed by atoms with Gasteiger partial charge < -0.3 is 10.4 Å². The van der Waals surface area contributed by atoms with Gasteiger partial charge in [-0.15, -0.1) is 0 Å². The van der Waals surface area contributed by atoms with Gasteiger partial charge in [0.25, 0.3) is 5.91 Å². The van der Waals surface area contributed by atoms with Gasteiger partial charge in [0.1, 0.15) is 12.1 Å². The van der Waals surface area contributed by atoms with E-state index in [1.54, 1.807) is 6.07 Å². The summed E-state index contributed by atoms with van der Waals surface area (Å²) >= 11 is 5.72. The third-order valence-electron chi connectivity index (χ3n) is 2.03. The second-order valence-corrected chi connectivity index (χ2v) is 3.65. The first-order valence-electron chi connectivity index (χ1n) is 4.71. The van der Waals surface area contributed by atoms with Crippen LogP contribution < -0.4 is 5.32 Å². The maximum atomic E-state index is 11.7. The molecule has 2 aromatic rings. The highest BCUT2D eigenvalue weighted by atomic mass is 35.5. The summed E-state index contributed by atoms with van der Waals surface area (Å²) in [6, 6.07) is 4.40. The molecule has 1 aromatic carbocycles. The van der Waals surface area contributed by atoms with Gasteiger partial charge in [-0.2, -0.15) is 0 Å². The predicted molar refractivity (Wildman–Crippen MR) is 63.1 cm³/mol. The first-order chi connectivity index (χ1) is 8.16. The Labute approximate surface area is 102 Å². The topological polar surface area (TPSA) is 75.1 Å². The molecule has 0 saturated heterocycles. The van der Waals surface area contributed by atoms with Gasteiger partial charge in [-0.25, -0.2) is 9.97 Å². The average Bonchev–Trinajstić information content (AvgIpc) is 2.35. The van der Waals surface area contributed by atoms with Crippen molar-refractivity contribution < 1.29 is 9.90 Å². The van der Waals surface area contributed by atoms with Crippen molar-refractivity contribution in [2.24, 2.45) is 0 Å². The number of hydrogen-bond acceptors (Lipinski definition) is 4. The number of benzene rings is 1. The van der Waals surface area contributed by atoms with Gasteiger partial charge in [0.2, 0.25) is 0 Å². The zero-order valence-electron chi connectivity index (χ0n) is 8.59. The van der Waals surface area contributed by atoms with E-state index >= 15 is 0 Å². The van der Waals surface area contributed by atoms with Crippen LogP contribution in [0, 0.1) is 0 Å². The maximum absolute atomic E-state index is 11.7. The van der Waals surface area contributed by atoms with Crippen LogP contribution in [0.3, 0.4) is 0 Å². The third kappa shape index (κ3) is 2.70. The zero-order chi connectivity index (χ0) is 12.3. The number of nitrogens with one attached hydrogen (secondary N) is 1. The summed E-state index contributed by atoms with van der Waals surface area (Å²) in [5, 5.41) is 12.0. The third-order valence-corrected chi connectivity index (χ3v) is 2.33. The molecule has 0 fully saturated rings. The molecule has 0 unspecified atom stereocenters. The normalized spacial score (nSPS) is 9.94. The summed E-state index contributed by atoms with van der Waals surface area (Å²) in [7, 11) is 0. The fraction of sp³-hybridized carbons (Fsp3) is 0. The number of carbonyl (C=O) groups is 1. The number of hydrogen-bond donors (Lipinski definition) is 2. The molecule has 0 atom stereocenters. The number of phenols is 1. The largest absolute Gasteiger partial charge is 0.506 e. The summed E-state index contributed by atoms with van der Waals surface area (Å²) < 4.78 is 0. The Morgan fingerprint density at radius 1 is 1.29 bits per heavy atom. The lowest BCUT2D eigenvalue weighted by Gasteiger charge is -2.05. The number of rotatable bonds is 2. The first kappa shape index (κ1) is 11.3. The summed E-state index contributed by atoms with van der Waals surface area (Å²) in [5.74, 6) is -0.375. The van der Waals surface area contributed by atoms with E-state index in [0.717, 1.165) is 0 Å².